The Labute approximate surface area is 153 Å². The van der Waals surface area contributed by atoms with Crippen LogP contribution in [0.3, 0.4) is 0 Å². The van der Waals surface area contributed by atoms with Crippen molar-refractivity contribution in [3.05, 3.63) is 51.5 Å². The quantitative estimate of drug-likeness (QED) is 0.809. The molecule has 5 nitrogen and oxygen atoms in total. The summed E-state index contributed by atoms with van der Waals surface area (Å²) in [6, 6.07) is 10.7. The van der Waals surface area contributed by atoms with Gasteiger partial charge in [0.1, 0.15) is 5.75 Å². The van der Waals surface area contributed by atoms with Crippen LogP contribution < -0.4 is 19.5 Å². The van der Waals surface area contributed by atoms with E-state index < -0.39 is 6.10 Å². The van der Waals surface area contributed by atoms with Crippen molar-refractivity contribution in [3.63, 3.8) is 0 Å². The van der Waals surface area contributed by atoms with Gasteiger partial charge < -0.3 is 19.5 Å². The van der Waals surface area contributed by atoms with Crippen molar-refractivity contribution in [1.82, 2.24) is 5.32 Å². The first-order valence-electron chi connectivity index (χ1n) is 7.31. The van der Waals surface area contributed by atoms with Gasteiger partial charge in [-0.2, -0.15) is 0 Å². The summed E-state index contributed by atoms with van der Waals surface area (Å²) in [7, 11) is 0. The van der Waals surface area contributed by atoms with Crippen molar-refractivity contribution in [3.8, 4) is 17.2 Å². The Morgan fingerprint density at radius 3 is 2.88 bits per heavy atom. The van der Waals surface area contributed by atoms with Gasteiger partial charge in [0.15, 0.2) is 17.6 Å². The summed E-state index contributed by atoms with van der Waals surface area (Å²) in [5, 5.41) is 3.43. The van der Waals surface area contributed by atoms with E-state index in [1.54, 1.807) is 25.1 Å². The van der Waals surface area contributed by atoms with Gasteiger partial charge in [0.2, 0.25) is 6.79 Å². The number of carbonyl (C=O) groups is 1. The summed E-state index contributed by atoms with van der Waals surface area (Å²) >= 11 is 9.25. The third-order valence-electron chi connectivity index (χ3n) is 3.47. The zero-order valence-electron chi connectivity index (χ0n) is 12.8. The van der Waals surface area contributed by atoms with Gasteiger partial charge in [0, 0.05) is 11.6 Å². The molecule has 7 heteroatoms. The van der Waals surface area contributed by atoms with Crippen molar-refractivity contribution in [1.29, 1.82) is 0 Å². The number of hydrogen-bond acceptors (Lipinski definition) is 4. The molecule has 0 saturated heterocycles. The standard InChI is InChI=1S/C17H15BrClNO4/c1-10(24-14-5-3-12(19)7-13(14)18)17(21)20-8-11-2-4-15-16(6-11)23-9-22-15/h2-7,10H,8-9H2,1H3,(H,20,21). The smallest absolute Gasteiger partial charge is 0.261 e. The summed E-state index contributed by atoms with van der Waals surface area (Å²) in [6.45, 7) is 2.30. The molecule has 0 aliphatic carbocycles. The van der Waals surface area contributed by atoms with Crippen LogP contribution in [0.2, 0.25) is 5.02 Å². The Bertz CT molecular complexity index is 768. The van der Waals surface area contributed by atoms with Gasteiger partial charge in [-0.1, -0.05) is 17.7 Å². The van der Waals surface area contributed by atoms with Crippen molar-refractivity contribution >= 4 is 33.4 Å². The maximum Gasteiger partial charge on any atom is 0.261 e. The Morgan fingerprint density at radius 2 is 2.08 bits per heavy atom. The highest BCUT2D eigenvalue weighted by Crippen LogP contribution is 2.32. The molecule has 1 unspecified atom stereocenters. The molecule has 1 atom stereocenters. The third-order valence-corrected chi connectivity index (χ3v) is 4.33. The highest BCUT2D eigenvalue weighted by atomic mass is 79.9. The Morgan fingerprint density at radius 1 is 1.29 bits per heavy atom. The predicted octanol–water partition coefficient (Wildman–Crippen LogP) is 3.91. The van der Waals surface area contributed by atoms with Crippen molar-refractivity contribution in [2.45, 2.75) is 19.6 Å². The van der Waals surface area contributed by atoms with E-state index >= 15 is 0 Å². The highest BCUT2D eigenvalue weighted by Gasteiger charge is 2.17. The second-order valence-electron chi connectivity index (χ2n) is 5.24. The molecular formula is C17H15BrClNO4. The molecule has 0 radical (unpaired) electrons. The first kappa shape index (κ1) is 16.9. The minimum atomic E-state index is -0.642. The lowest BCUT2D eigenvalue weighted by Gasteiger charge is -2.16. The molecule has 0 saturated carbocycles. The summed E-state index contributed by atoms with van der Waals surface area (Å²) in [6.07, 6.45) is -0.642. The van der Waals surface area contributed by atoms with Gasteiger partial charge in [0.25, 0.3) is 5.91 Å². The zero-order chi connectivity index (χ0) is 17.1. The van der Waals surface area contributed by atoms with E-state index in [9.17, 15) is 4.79 Å². The number of hydrogen-bond donors (Lipinski definition) is 1. The normalized spacial score (nSPS) is 13.5. The molecule has 1 heterocycles. The maximum atomic E-state index is 12.2. The molecular weight excluding hydrogens is 398 g/mol. The van der Waals surface area contributed by atoms with Crippen molar-refractivity contribution in [2.75, 3.05) is 6.79 Å². The number of amides is 1. The molecule has 0 spiro atoms. The zero-order valence-corrected chi connectivity index (χ0v) is 15.2. The lowest BCUT2D eigenvalue weighted by Crippen LogP contribution is -2.35. The fraction of sp³-hybridized carbons (Fsp3) is 0.235. The maximum absolute atomic E-state index is 12.2. The summed E-state index contributed by atoms with van der Waals surface area (Å²) < 4.78 is 16.9. The molecule has 1 amide bonds. The van der Waals surface area contributed by atoms with Crippen LogP contribution in [-0.4, -0.2) is 18.8 Å². The molecule has 2 aromatic carbocycles. The van der Waals surface area contributed by atoms with Gasteiger partial charge >= 0.3 is 0 Å². The Kier molecular flexibility index (Phi) is 5.16. The number of rotatable bonds is 5. The number of benzene rings is 2. The van der Waals surface area contributed by atoms with E-state index in [1.165, 1.54) is 0 Å². The average molecular weight is 413 g/mol. The van der Waals surface area contributed by atoms with Crippen molar-refractivity contribution < 1.29 is 19.0 Å². The molecule has 2 aromatic rings. The van der Waals surface area contributed by atoms with Crippen LogP contribution in [-0.2, 0) is 11.3 Å². The van der Waals surface area contributed by atoms with Crippen LogP contribution in [0.1, 0.15) is 12.5 Å². The fourth-order valence-corrected chi connectivity index (χ4v) is 2.97. The third kappa shape index (κ3) is 3.94. The van der Waals surface area contributed by atoms with Gasteiger partial charge in [0.05, 0.1) is 4.47 Å². The first-order valence-corrected chi connectivity index (χ1v) is 8.48. The number of fused-ring (bicyclic) bond motifs is 1. The number of ether oxygens (including phenoxy) is 3. The van der Waals surface area contributed by atoms with Gasteiger partial charge in [-0.15, -0.1) is 0 Å². The van der Waals surface area contributed by atoms with Crippen molar-refractivity contribution in [2.24, 2.45) is 0 Å². The number of carbonyl (C=O) groups excluding carboxylic acids is 1. The van der Waals surface area contributed by atoms with Gasteiger partial charge in [-0.25, -0.2) is 0 Å². The Balaban J connectivity index is 1.56. The predicted molar refractivity (Wildman–Crippen MR) is 93.7 cm³/mol. The lowest BCUT2D eigenvalue weighted by atomic mass is 10.2. The van der Waals surface area contributed by atoms with E-state index in [0.717, 1.165) is 11.3 Å². The lowest BCUT2D eigenvalue weighted by molar-refractivity contribution is -0.127. The molecule has 1 aliphatic heterocycles. The monoisotopic (exact) mass is 411 g/mol. The van der Waals surface area contributed by atoms with E-state index in [0.29, 0.717) is 27.5 Å². The van der Waals surface area contributed by atoms with E-state index in [1.807, 2.05) is 18.2 Å². The van der Waals surface area contributed by atoms with E-state index in [2.05, 4.69) is 21.2 Å². The molecule has 1 N–H and O–H groups in total. The average Bonchev–Trinajstić information content (AvgIpc) is 3.02. The van der Waals surface area contributed by atoms with E-state index in [4.69, 9.17) is 25.8 Å². The highest BCUT2D eigenvalue weighted by molar-refractivity contribution is 9.10. The molecule has 0 bridgehead atoms. The minimum Gasteiger partial charge on any atom is -0.480 e. The minimum absolute atomic E-state index is 0.213. The van der Waals surface area contributed by atoms with Crippen LogP contribution in [0.5, 0.6) is 17.2 Å². The summed E-state index contributed by atoms with van der Waals surface area (Å²) in [5.41, 5.74) is 0.924. The molecule has 1 aliphatic rings. The number of nitrogens with one attached hydrogen (secondary N) is 1. The Hall–Kier alpha value is -1.92. The topological polar surface area (TPSA) is 56.8 Å². The second kappa shape index (κ2) is 7.32. The van der Waals surface area contributed by atoms with Crippen LogP contribution in [0.15, 0.2) is 40.9 Å². The molecule has 126 valence electrons. The molecule has 0 fully saturated rings. The van der Waals surface area contributed by atoms with Crippen LogP contribution >= 0.6 is 27.5 Å². The van der Waals surface area contributed by atoms with Crippen LogP contribution in [0, 0.1) is 0 Å². The first-order chi connectivity index (χ1) is 11.5. The molecule has 3 rings (SSSR count). The summed E-state index contributed by atoms with van der Waals surface area (Å²) in [4.78, 5) is 12.2. The van der Waals surface area contributed by atoms with E-state index in [-0.39, 0.29) is 12.7 Å². The van der Waals surface area contributed by atoms with Gasteiger partial charge in [-0.05, 0) is 58.7 Å². The van der Waals surface area contributed by atoms with Gasteiger partial charge in [-0.3, -0.25) is 4.79 Å². The molecule has 24 heavy (non-hydrogen) atoms. The van der Waals surface area contributed by atoms with Crippen LogP contribution in [0.25, 0.3) is 0 Å². The van der Waals surface area contributed by atoms with Crippen LogP contribution in [0.4, 0.5) is 0 Å². The second-order valence-corrected chi connectivity index (χ2v) is 6.53. The SMILES string of the molecule is CC(Oc1ccc(Cl)cc1Br)C(=O)NCc1ccc2c(c1)OCO2. The largest absolute Gasteiger partial charge is 0.480 e. The fourth-order valence-electron chi connectivity index (χ4n) is 2.20. The molecule has 0 aromatic heterocycles. The number of halogens is 2. The summed E-state index contributed by atoms with van der Waals surface area (Å²) in [5.74, 6) is 1.75.